The second-order valence-electron chi connectivity index (χ2n) is 11.8. The molecule has 0 amide bonds. The van der Waals surface area contributed by atoms with Crippen molar-refractivity contribution in [1.29, 1.82) is 0 Å². The zero-order valence-corrected chi connectivity index (χ0v) is 22.9. The van der Waals surface area contributed by atoms with Crippen molar-refractivity contribution in [2.75, 3.05) is 0 Å². The van der Waals surface area contributed by atoms with Crippen molar-refractivity contribution in [3.63, 3.8) is 0 Å². The van der Waals surface area contributed by atoms with Gasteiger partial charge in [-0.15, -0.1) is 0 Å². The van der Waals surface area contributed by atoms with Gasteiger partial charge in [0, 0.05) is 35.2 Å². The molecule has 1 aromatic rings. The van der Waals surface area contributed by atoms with Crippen LogP contribution in [0.1, 0.15) is 83.1 Å². The van der Waals surface area contributed by atoms with E-state index in [-0.39, 0.29) is 35.5 Å². The van der Waals surface area contributed by atoms with E-state index in [1.807, 2.05) is 6.92 Å². The number of carbonyl (C=O) groups is 4. The van der Waals surface area contributed by atoms with Crippen LogP contribution in [0, 0.1) is 28.6 Å². The summed E-state index contributed by atoms with van der Waals surface area (Å²) in [5.41, 5.74) is -6.15. The topological polar surface area (TPSA) is 149 Å². The molecule has 4 rings (SSSR count). The minimum atomic E-state index is -2.78. The van der Waals surface area contributed by atoms with Crippen LogP contribution < -0.4 is 0 Å². The van der Waals surface area contributed by atoms with Gasteiger partial charge in [-0.05, 0) is 36.3 Å². The Kier molecular flexibility index (Phi) is 6.31. The summed E-state index contributed by atoms with van der Waals surface area (Å²) in [6.07, 6.45) is 0.0141. The number of hydrogen-bond acceptors (Lipinski definition) is 8. The van der Waals surface area contributed by atoms with Crippen LogP contribution in [0.25, 0.3) is 0 Å². The molecular formula is C30H36O8. The summed E-state index contributed by atoms with van der Waals surface area (Å²) in [5.74, 6) is -7.50. The maximum Gasteiger partial charge on any atom is 0.209 e. The Morgan fingerprint density at radius 1 is 1.08 bits per heavy atom. The molecule has 0 saturated heterocycles. The van der Waals surface area contributed by atoms with Crippen LogP contribution in [0.5, 0.6) is 5.75 Å². The number of Topliss-reactive ketones (excluding diaryl/α,β-unsaturated/α-hetero) is 4. The van der Waals surface area contributed by atoms with Gasteiger partial charge in [0.2, 0.25) is 5.78 Å². The summed E-state index contributed by atoms with van der Waals surface area (Å²) >= 11 is 0. The van der Waals surface area contributed by atoms with E-state index in [4.69, 9.17) is 0 Å². The third-order valence-corrected chi connectivity index (χ3v) is 9.84. The van der Waals surface area contributed by atoms with Crippen molar-refractivity contribution in [2.45, 2.75) is 72.8 Å². The second-order valence-corrected chi connectivity index (χ2v) is 11.8. The molecule has 0 spiro atoms. The van der Waals surface area contributed by atoms with Crippen LogP contribution in [0.4, 0.5) is 0 Å². The fourth-order valence-corrected chi connectivity index (χ4v) is 7.90. The fourth-order valence-electron chi connectivity index (χ4n) is 7.90. The molecule has 3 aliphatic carbocycles. The monoisotopic (exact) mass is 524 g/mol. The molecule has 6 atom stereocenters. The fraction of sp³-hybridized carbons (Fsp3) is 0.533. The lowest BCUT2D eigenvalue weighted by Crippen LogP contribution is -2.71. The Morgan fingerprint density at radius 2 is 1.68 bits per heavy atom. The van der Waals surface area contributed by atoms with E-state index < -0.39 is 74.5 Å². The maximum absolute atomic E-state index is 14.0. The summed E-state index contributed by atoms with van der Waals surface area (Å²) in [6, 6.07) is 4.66. The smallest absolute Gasteiger partial charge is 0.209 e. The molecule has 38 heavy (non-hydrogen) atoms. The van der Waals surface area contributed by atoms with E-state index in [9.17, 15) is 39.6 Å². The highest BCUT2D eigenvalue weighted by Crippen LogP contribution is 2.71. The van der Waals surface area contributed by atoms with Gasteiger partial charge in [0.15, 0.2) is 17.2 Å². The molecule has 0 radical (unpaired) electrons. The number of carbonyl (C=O) groups excluding carboxylic acids is 4. The van der Waals surface area contributed by atoms with E-state index in [1.165, 1.54) is 6.07 Å². The van der Waals surface area contributed by atoms with Crippen LogP contribution in [-0.2, 0) is 14.4 Å². The van der Waals surface area contributed by atoms with Crippen molar-refractivity contribution >= 4 is 23.1 Å². The van der Waals surface area contributed by atoms with Gasteiger partial charge >= 0.3 is 0 Å². The van der Waals surface area contributed by atoms with Gasteiger partial charge in [-0.3, -0.25) is 19.2 Å². The SMILES string of the molecule is CCC(=O)C[C@@H]1[C@]2(C)C(=C(O)[C@@]3(O)C(=O)C(C(C)=O)=C(O)C(C(C)C)[C@@]13C)C(=O)c1c(O)cccc1[C@H]2C. The highest BCUT2D eigenvalue weighted by Gasteiger charge is 2.75. The van der Waals surface area contributed by atoms with Crippen molar-refractivity contribution in [1.82, 2.24) is 0 Å². The number of allylic oxidation sites excluding steroid dienone is 2. The molecule has 1 aromatic carbocycles. The maximum atomic E-state index is 14.0. The normalized spacial score (nSPS) is 34.7. The van der Waals surface area contributed by atoms with Gasteiger partial charge in [-0.1, -0.05) is 53.7 Å². The summed E-state index contributed by atoms with van der Waals surface area (Å²) < 4.78 is 0. The van der Waals surface area contributed by atoms with Crippen LogP contribution in [-0.4, -0.2) is 49.2 Å². The van der Waals surface area contributed by atoms with Crippen molar-refractivity contribution in [3.8, 4) is 5.75 Å². The zero-order valence-electron chi connectivity index (χ0n) is 22.9. The van der Waals surface area contributed by atoms with Crippen molar-refractivity contribution < 1.29 is 39.6 Å². The first kappa shape index (κ1) is 27.8. The van der Waals surface area contributed by atoms with Crippen molar-refractivity contribution in [3.05, 3.63) is 52.0 Å². The third-order valence-electron chi connectivity index (χ3n) is 9.84. The summed E-state index contributed by atoms with van der Waals surface area (Å²) in [4.78, 5) is 53.7. The molecule has 8 nitrogen and oxygen atoms in total. The Morgan fingerprint density at radius 3 is 2.21 bits per heavy atom. The van der Waals surface area contributed by atoms with Gasteiger partial charge in [0.1, 0.15) is 28.6 Å². The highest BCUT2D eigenvalue weighted by molar-refractivity contribution is 6.25. The van der Waals surface area contributed by atoms with Crippen LogP contribution in [0.2, 0.25) is 0 Å². The molecule has 0 aliphatic heterocycles. The number of benzene rings is 1. The number of aliphatic hydroxyl groups is 3. The number of phenols is 1. The molecule has 0 fully saturated rings. The van der Waals surface area contributed by atoms with Crippen LogP contribution in [0.15, 0.2) is 40.9 Å². The van der Waals surface area contributed by atoms with Gasteiger partial charge in [0.25, 0.3) is 0 Å². The molecule has 0 heterocycles. The van der Waals surface area contributed by atoms with Gasteiger partial charge in [-0.2, -0.15) is 0 Å². The Labute approximate surface area is 222 Å². The number of ketones is 4. The lowest BCUT2D eigenvalue weighted by atomic mass is 9.38. The van der Waals surface area contributed by atoms with Crippen LogP contribution in [0.3, 0.4) is 0 Å². The number of fused-ring (bicyclic) bond motifs is 3. The number of rotatable bonds is 5. The van der Waals surface area contributed by atoms with E-state index in [1.54, 1.807) is 46.8 Å². The Bertz CT molecular complexity index is 1350. The molecule has 0 aromatic heterocycles. The van der Waals surface area contributed by atoms with E-state index in [2.05, 4.69) is 0 Å². The Hall–Kier alpha value is -3.26. The molecular weight excluding hydrogens is 488 g/mol. The zero-order chi connectivity index (χ0) is 28.7. The minimum Gasteiger partial charge on any atom is -0.511 e. The number of aliphatic hydroxyl groups excluding tert-OH is 2. The summed E-state index contributed by atoms with van der Waals surface area (Å²) in [7, 11) is 0. The summed E-state index contributed by atoms with van der Waals surface area (Å²) in [5, 5.41) is 46.3. The van der Waals surface area contributed by atoms with Crippen LogP contribution >= 0.6 is 0 Å². The summed E-state index contributed by atoms with van der Waals surface area (Å²) in [6.45, 7) is 11.4. The number of aromatic hydroxyl groups is 1. The predicted molar refractivity (Wildman–Crippen MR) is 139 cm³/mol. The standard InChI is InChI=1S/C30H36O8/c1-8-16(32)12-19-28(6)14(4)17-10-9-11-18(33)21(17)25(35)23(28)27(37)30(38)26(36)20(15(5)31)24(34)22(13(2)3)29(19,30)7/h9-11,13-14,19,22,33-34,37-38H,8,12H2,1-7H3/t14-,19-,22?,28-,29-,30+/m1/s1. The number of hydrogen-bond donors (Lipinski definition) is 4. The lowest BCUT2D eigenvalue weighted by Gasteiger charge is -2.65. The molecule has 0 bridgehead atoms. The molecule has 8 heteroatoms. The molecule has 1 unspecified atom stereocenters. The van der Waals surface area contributed by atoms with E-state index in [0.717, 1.165) is 6.92 Å². The average Bonchev–Trinajstić information content (AvgIpc) is 2.82. The first-order valence-corrected chi connectivity index (χ1v) is 13.1. The lowest BCUT2D eigenvalue weighted by molar-refractivity contribution is -0.193. The second kappa shape index (κ2) is 8.63. The quantitative estimate of drug-likeness (QED) is 0.411. The van der Waals surface area contributed by atoms with Gasteiger partial charge in [0.05, 0.1) is 5.56 Å². The molecule has 3 aliphatic rings. The minimum absolute atomic E-state index is 0.0411. The van der Waals surface area contributed by atoms with Gasteiger partial charge < -0.3 is 20.4 Å². The molecule has 0 saturated carbocycles. The Balaban J connectivity index is 2.23. The van der Waals surface area contributed by atoms with Crippen molar-refractivity contribution in [2.24, 2.45) is 28.6 Å². The average molecular weight is 525 g/mol. The molecule has 4 N–H and O–H groups in total. The number of phenolic OH excluding ortho intramolecular Hbond substituents is 1. The predicted octanol–water partition coefficient (Wildman–Crippen LogP) is 4.50. The first-order valence-electron chi connectivity index (χ1n) is 13.1. The largest absolute Gasteiger partial charge is 0.511 e. The van der Waals surface area contributed by atoms with E-state index >= 15 is 0 Å². The highest BCUT2D eigenvalue weighted by atomic mass is 16.3. The van der Waals surface area contributed by atoms with E-state index in [0.29, 0.717) is 5.56 Å². The first-order chi connectivity index (χ1) is 17.5. The molecule has 204 valence electrons. The van der Waals surface area contributed by atoms with Gasteiger partial charge in [-0.25, -0.2) is 0 Å². The third kappa shape index (κ3) is 3.06.